The minimum atomic E-state index is -0.620. The molecule has 1 aliphatic heterocycles. The van der Waals surface area contributed by atoms with Crippen LogP contribution in [0.2, 0.25) is 0 Å². The van der Waals surface area contributed by atoms with Crippen LogP contribution >= 0.6 is 0 Å². The number of nitrogens with one attached hydrogen (secondary N) is 1. The first-order valence-electron chi connectivity index (χ1n) is 10.5. The third-order valence-corrected chi connectivity index (χ3v) is 5.14. The van der Waals surface area contributed by atoms with Gasteiger partial charge in [0.1, 0.15) is 0 Å². The Morgan fingerprint density at radius 1 is 1.00 bits per heavy atom. The number of anilines is 2. The highest BCUT2D eigenvalue weighted by molar-refractivity contribution is 6.00. The number of esters is 2. The van der Waals surface area contributed by atoms with Crippen LogP contribution < -0.4 is 10.2 Å². The molecule has 1 saturated heterocycles. The van der Waals surface area contributed by atoms with E-state index in [9.17, 15) is 19.2 Å². The van der Waals surface area contributed by atoms with E-state index in [4.69, 9.17) is 9.47 Å². The Morgan fingerprint density at radius 2 is 1.69 bits per heavy atom. The number of amides is 2. The molecule has 1 N–H and O–H groups in total. The van der Waals surface area contributed by atoms with Crippen molar-refractivity contribution in [2.45, 2.75) is 26.7 Å². The van der Waals surface area contributed by atoms with Crippen LogP contribution in [-0.2, 0) is 30.3 Å². The molecule has 0 saturated carbocycles. The number of hydrogen-bond acceptors (Lipinski definition) is 6. The highest BCUT2D eigenvalue weighted by atomic mass is 16.5. The molecule has 8 nitrogen and oxygen atoms in total. The van der Waals surface area contributed by atoms with Crippen LogP contribution in [0.4, 0.5) is 11.4 Å². The molecule has 0 bridgehead atoms. The maximum absolute atomic E-state index is 12.4. The van der Waals surface area contributed by atoms with Gasteiger partial charge in [-0.25, -0.2) is 4.79 Å². The molecule has 0 spiro atoms. The fraction of sp³-hybridized carbons (Fsp3) is 0.333. The maximum atomic E-state index is 12.4. The maximum Gasteiger partial charge on any atom is 0.338 e. The van der Waals surface area contributed by atoms with Gasteiger partial charge in [-0.05, 0) is 55.3 Å². The van der Waals surface area contributed by atoms with Gasteiger partial charge in [0.25, 0.3) is 5.91 Å². The van der Waals surface area contributed by atoms with Crippen molar-refractivity contribution in [2.24, 2.45) is 5.92 Å². The first-order valence-corrected chi connectivity index (χ1v) is 10.5. The van der Waals surface area contributed by atoms with Crippen LogP contribution in [0.15, 0.2) is 48.5 Å². The van der Waals surface area contributed by atoms with Crippen molar-refractivity contribution in [3.63, 3.8) is 0 Å². The number of hydrogen-bond donors (Lipinski definition) is 1. The van der Waals surface area contributed by atoms with Crippen LogP contribution in [0.1, 0.15) is 36.2 Å². The first-order chi connectivity index (χ1) is 15.4. The van der Waals surface area contributed by atoms with Gasteiger partial charge in [0.15, 0.2) is 6.61 Å². The predicted octanol–water partition coefficient (Wildman–Crippen LogP) is 2.96. The zero-order chi connectivity index (χ0) is 23.1. The van der Waals surface area contributed by atoms with Crippen LogP contribution in [0.5, 0.6) is 0 Å². The second-order valence-electron chi connectivity index (χ2n) is 7.38. The van der Waals surface area contributed by atoms with E-state index in [1.165, 1.54) is 12.1 Å². The average molecular weight is 438 g/mol. The summed E-state index contributed by atoms with van der Waals surface area (Å²) in [5, 5.41) is 2.59. The zero-order valence-electron chi connectivity index (χ0n) is 18.1. The molecule has 0 aliphatic carbocycles. The summed E-state index contributed by atoms with van der Waals surface area (Å²) in [7, 11) is 0. The van der Waals surface area contributed by atoms with Crippen LogP contribution in [0, 0.1) is 5.92 Å². The Hall–Kier alpha value is -3.68. The van der Waals surface area contributed by atoms with Crippen LogP contribution in [-0.4, -0.2) is 43.5 Å². The molecular formula is C24H26N2O6. The predicted molar refractivity (Wildman–Crippen MR) is 118 cm³/mol. The molecule has 1 fully saturated rings. The van der Waals surface area contributed by atoms with Crippen LogP contribution in [0.25, 0.3) is 0 Å². The Balaban J connectivity index is 1.48. The molecule has 1 atom stereocenters. The lowest BCUT2D eigenvalue weighted by molar-refractivity contribution is -0.151. The highest BCUT2D eigenvalue weighted by Gasteiger charge is 2.36. The van der Waals surface area contributed by atoms with Gasteiger partial charge in [-0.15, -0.1) is 0 Å². The second kappa shape index (κ2) is 10.6. The van der Waals surface area contributed by atoms with E-state index in [-0.39, 0.29) is 25.5 Å². The normalized spacial score (nSPS) is 15.4. The number of benzene rings is 2. The van der Waals surface area contributed by atoms with Gasteiger partial charge < -0.3 is 19.7 Å². The summed E-state index contributed by atoms with van der Waals surface area (Å²) < 4.78 is 10.0. The summed E-state index contributed by atoms with van der Waals surface area (Å²) in [5.41, 5.74) is 2.73. The molecule has 168 valence electrons. The lowest BCUT2D eigenvalue weighted by Gasteiger charge is -2.17. The fourth-order valence-electron chi connectivity index (χ4n) is 3.38. The molecule has 32 heavy (non-hydrogen) atoms. The van der Waals surface area contributed by atoms with E-state index in [0.29, 0.717) is 11.3 Å². The van der Waals surface area contributed by atoms with Gasteiger partial charge in [0.05, 0.1) is 18.1 Å². The van der Waals surface area contributed by atoms with Gasteiger partial charge in [0.2, 0.25) is 5.91 Å². The molecule has 0 aromatic heterocycles. The van der Waals surface area contributed by atoms with Gasteiger partial charge in [0, 0.05) is 24.3 Å². The van der Waals surface area contributed by atoms with Gasteiger partial charge >= 0.3 is 11.9 Å². The van der Waals surface area contributed by atoms with Crippen molar-refractivity contribution in [3.05, 3.63) is 59.7 Å². The number of aryl methyl sites for hydroxylation is 1. The molecule has 0 unspecified atom stereocenters. The Bertz CT molecular complexity index is 985. The largest absolute Gasteiger partial charge is 0.462 e. The van der Waals surface area contributed by atoms with Crippen molar-refractivity contribution in [2.75, 3.05) is 30.0 Å². The molecule has 2 amide bonds. The second-order valence-corrected chi connectivity index (χ2v) is 7.38. The number of carbonyl (C=O) groups excluding carboxylic acids is 4. The topological polar surface area (TPSA) is 102 Å². The SMILES string of the molecule is CCOC(=O)c1ccc(NC(=O)COC(=O)[C@@H]2CC(=O)N(c3ccc(CC)cc3)C2)cc1. The van der Waals surface area contributed by atoms with Gasteiger partial charge in [-0.2, -0.15) is 0 Å². The minimum Gasteiger partial charge on any atom is -0.462 e. The van der Waals surface area contributed by atoms with E-state index in [0.717, 1.165) is 17.7 Å². The Labute approximate surface area is 186 Å². The molecule has 2 aromatic carbocycles. The summed E-state index contributed by atoms with van der Waals surface area (Å²) in [5.74, 6) is -2.31. The van der Waals surface area contributed by atoms with E-state index in [1.807, 2.05) is 24.3 Å². The Morgan fingerprint density at radius 3 is 2.31 bits per heavy atom. The van der Waals surface area contributed by atoms with Gasteiger partial charge in [-0.1, -0.05) is 19.1 Å². The zero-order valence-corrected chi connectivity index (χ0v) is 18.1. The molecule has 8 heteroatoms. The average Bonchev–Trinajstić information content (AvgIpc) is 3.20. The van der Waals surface area contributed by atoms with Crippen molar-refractivity contribution < 1.29 is 28.7 Å². The first kappa shape index (κ1) is 23.0. The lowest BCUT2D eigenvalue weighted by Crippen LogP contribution is -2.28. The Kier molecular flexibility index (Phi) is 7.59. The van der Waals surface area contributed by atoms with Crippen LogP contribution in [0.3, 0.4) is 0 Å². The molecular weight excluding hydrogens is 412 g/mol. The summed E-state index contributed by atoms with van der Waals surface area (Å²) in [4.78, 5) is 50.0. The quantitative estimate of drug-likeness (QED) is 0.636. The van der Waals surface area contributed by atoms with Crippen molar-refractivity contribution in [1.82, 2.24) is 0 Å². The molecule has 1 aliphatic rings. The van der Waals surface area contributed by atoms with Crippen molar-refractivity contribution >= 4 is 35.1 Å². The number of nitrogens with zero attached hydrogens (tertiary/aromatic N) is 1. The summed E-state index contributed by atoms with van der Waals surface area (Å²) >= 11 is 0. The summed E-state index contributed by atoms with van der Waals surface area (Å²) in [6.07, 6.45) is 0.950. The summed E-state index contributed by atoms with van der Waals surface area (Å²) in [6.45, 7) is 3.81. The number of ether oxygens (including phenoxy) is 2. The monoisotopic (exact) mass is 438 g/mol. The van der Waals surface area contributed by atoms with E-state index >= 15 is 0 Å². The summed E-state index contributed by atoms with van der Waals surface area (Å²) in [6, 6.07) is 13.8. The molecule has 0 radical (unpaired) electrons. The van der Waals surface area contributed by atoms with Crippen molar-refractivity contribution in [3.8, 4) is 0 Å². The molecule has 3 rings (SSSR count). The number of rotatable bonds is 8. The van der Waals surface area contributed by atoms with E-state index < -0.39 is 30.4 Å². The minimum absolute atomic E-state index is 0.0469. The van der Waals surface area contributed by atoms with Gasteiger partial charge in [-0.3, -0.25) is 14.4 Å². The van der Waals surface area contributed by atoms with E-state index in [1.54, 1.807) is 24.0 Å². The third kappa shape index (κ3) is 5.72. The van der Waals surface area contributed by atoms with Crippen molar-refractivity contribution in [1.29, 1.82) is 0 Å². The van der Waals surface area contributed by atoms with E-state index in [2.05, 4.69) is 12.2 Å². The molecule has 2 aromatic rings. The lowest BCUT2D eigenvalue weighted by atomic mass is 10.1. The molecule has 1 heterocycles. The standard InChI is InChI=1S/C24H26N2O6/c1-3-16-5-11-20(12-6-16)26-14-18(13-22(26)28)24(30)32-15-21(27)25-19-9-7-17(8-10-19)23(29)31-4-2/h5-12,18H,3-4,13-15H2,1-2H3,(H,25,27)/t18-/m1/s1. The fourth-order valence-corrected chi connectivity index (χ4v) is 3.38. The smallest absolute Gasteiger partial charge is 0.338 e. The highest BCUT2D eigenvalue weighted by Crippen LogP contribution is 2.26. The third-order valence-electron chi connectivity index (χ3n) is 5.14. The number of carbonyl (C=O) groups is 4.